The molecule has 1 rings (SSSR count). The molecule has 0 radical (unpaired) electrons. The summed E-state index contributed by atoms with van der Waals surface area (Å²) in [5.41, 5.74) is 0.00609. The highest BCUT2D eigenvalue weighted by molar-refractivity contribution is 7.98. The van der Waals surface area contributed by atoms with Crippen LogP contribution in [-0.4, -0.2) is 59.5 Å². The maximum absolute atomic E-state index is 13.7. The number of benzene rings is 1. The molecule has 0 fully saturated rings. The van der Waals surface area contributed by atoms with Crippen molar-refractivity contribution < 1.29 is 19.1 Å². The van der Waals surface area contributed by atoms with Gasteiger partial charge in [-0.2, -0.15) is 11.8 Å². The lowest BCUT2D eigenvalue weighted by Crippen LogP contribution is -2.53. The molecule has 2 atom stereocenters. The Balaban J connectivity index is 3.27. The average molecular weight is 478 g/mol. The zero-order chi connectivity index (χ0) is 24.9. The van der Waals surface area contributed by atoms with Crippen LogP contribution in [-0.2, 0) is 14.3 Å². The number of amides is 3. The van der Waals surface area contributed by atoms with E-state index in [1.807, 2.05) is 43.5 Å². The predicted octanol–water partition coefficient (Wildman–Crippen LogP) is 4.31. The Hall–Kier alpha value is -2.48. The fourth-order valence-corrected chi connectivity index (χ4v) is 3.67. The number of nitrogens with one attached hydrogen (secondary N) is 2. The topological polar surface area (TPSA) is 87.7 Å². The fourth-order valence-electron chi connectivity index (χ4n) is 3.20. The van der Waals surface area contributed by atoms with E-state index < -0.39 is 23.8 Å². The number of thioether (sulfide) groups is 1. The van der Waals surface area contributed by atoms with Crippen molar-refractivity contribution in [2.45, 2.75) is 64.6 Å². The van der Waals surface area contributed by atoms with Gasteiger partial charge in [-0.3, -0.25) is 9.59 Å². The Bertz CT molecular complexity index is 765. The van der Waals surface area contributed by atoms with Gasteiger partial charge in [0, 0.05) is 13.1 Å². The summed E-state index contributed by atoms with van der Waals surface area (Å²) < 4.78 is 5.37. The average Bonchev–Trinajstić information content (AvgIpc) is 2.75. The van der Waals surface area contributed by atoms with Crippen molar-refractivity contribution in [2.24, 2.45) is 0 Å². The van der Waals surface area contributed by atoms with Crippen LogP contribution in [0.5, 0.6) is 0 Å². The first-order valence-corrected chi connectivity index (χ1v) is 12.8. The number of hydrogen-bond acceptors (Lipinski definition) is 5. The Labute approximate surface area is 202 Å². The molecule has 3 amide bonds. The van der Waals surface area contributed by atoms with E-state index in [9.17, 15) is 14.4 Å². The standard InChI is InChI=1S/C25H39N3O4S/c1-7-9-16-26-22(29)21(19-13-11-10-12-14-19)28(17-8-2)23(30)20(15-18-33-6)27-24(31)32-25(3,4)5/h8,10-14,20-21H,2,7,9,15-18H2,1,3-6H3,(H,26,29)(H,27,31). The van der Waals surface area contributed by atoms with E-state index in [-0.39, 0.29) is 18.4 Å². The van der Waals surface area contributed by atoms with Gasteiger partial charge in [-0.15, -0.1) is 6.58 Å². The number of carbonyl (C=O) groups is 3. The number of nitrogens with zero attached hydrogens (tertiary/aromatic N) is 1. The summed E-state index contributed by atoms with van der Waals surface area (Å²) in [6.45, 7) is 11.8. The Kier molecular flexibility index (Phi) is 12.7. The van der Waals surface area contributed by atoms with Crippen molar-refractivity contribution in [1.29, 1.82) is 0 Å². The van der Waals surface area contributed by atoms with Gasteiger partial charge in [-0.25, -0.2) is 4.79 Å². The smallest absolute Gasteiger partial charge is 0.408 e. The lowest BCUT2D eigenvalue weighted by Gasteiger charge is -2.34. The lowest BCUT2D eigenvalue weighted by molar-refractivity contribution is -0.141. The second-order valence-electron chi connectivity index (χ2n) is 8.72. The molecule has 0 aliphatic heterocycles. The summed E-state index contributed by atoms with van der Waals surface area (Å²) in [6, 6.07) is 7.51. The largest absolute Gasteiger partial charge is 0.444 e. The third-order valence-electron chi connectivity index (χ3n) is 4.71. The van der Waals surface area contributed by atoms with Gasteiger partial charge in [0.25, 0.3) is 0 Å². The molecule has 0 spiro atoms. The molecule has 0 aliphatic rings. The molecular formula is C25H39N3O4S. The van der Waals surface area contributed by atoms with Gasteiger partial charge in [-0.1, -0.05) is 49.8 Å². The molecule has 0 saturated heterocycles. The van der Waals surface area contributed by atoms with Gasteiger partial charge in [0.15, 0.2) is 0 Å². The van der Waals surface area contributed by atoms with E-state index in [2.05, 4.69) is 17.2 Å². The van der Waals surface area contributed by atoms with Crippen LogP contribution in [0.4, 0.5) is 4.79 Å². The second kappa shape index (κ2) is 14.6. The molecule has 2 N–H and O–H groups in total. The zero-order valence-corrected chi connectivity index (χ0v) is 21.4. The van der Waals surface area contributed by atoms with Gasteiger partial charge in [-0.05, 0) is 51.2 Å². The molecule has 0 saturated carbocycles. The quantitative estimate of drug-likeness (QED) is 0.327. The van der Waals surface area contributed by atoms with E-state index in [0.29, 0.717) is 24.3 Å². The summed E-state index contributed by atoms with van der Waals surface area (Å²) in [6.07, 6.45) is 5.06. The highest BCUT2D eigenvalue weighted by atomic mass is 32.2. The van der Waals surface area contributed by atoms with Crippen molar-refractivity contribution in [3.05, 3.63) is 48.6 Å². The second-order valence-corrected chi connectivity index (χ2v) is 9.70. The number of unbranched alkanes of at least 4 members (excludes halogenated alkanes) is 1. The van der Waals surface area contributed by atoms with E-state index >= 15 is 0 Å². The zero-order valence-electron chi connectivity index (χ0n) is 20.6. The van der Waals surface area contributed by atoms with Gasteiger partial charge >= 0.3 is 6.09 Å². The summed E-state index contributed by atoms with van der Waals surface area (Å²) >= 11 is 1.58. The van der Waals surface area contributed by atoms with Crippen molar-refractivity contribution in [2.75, 3.05) is 25.1 Å². The fraction of sp³-hybridized carbons (Fsp3) is 0.560. The molecule has 0 bridgehead atoms. The first-order chi connectivity index (χ1) is 15.6. The molecule has 1 aromatic rings. The molecule has 8 heteroatoms. The maximum Gasteiger partial charge on any atom is 0.408 e. The molecule has 0 heterocycles. The molecule has 33 heavy (non-hydrogen) atoms. The minimum absolute atomic E-state index is 0.158. The first-order valence-electron chi connectivity index (χ1n) is 11.4. The van der Waals surface area contributed by atoms with Gasteiger partial charge < -0.3 is 20.3 Å². The van der Waals surface area contributed by atoms with E-state index in [4.69, 9.17) is 4.74 Å². The van der Waals surface area contributed by atoms with Crippen LogP contribution < -0.4 is 10.6 Å². The van der Waals surface area contributed by atoms with Crippen LogP contribution in [0.1, 0.15) is 58.6 Å². The van der Waals surface area contributed by atoms with Crippen molar-refractivity contribution in [3.63, 3.8) is 0 Å². The summed E-state index contributed by atoms with van der Waals surface area (Å²) in [7, 11) is 0. The van der Waals surface area contributed by atoms with Crippen LogP contribution in [0.25, 0.3) is 0 Å². The Morgan fingerprint density at radius 1 is 1.21 bits per heavy atom. The predicted molar refractivity (Wildman–Crippen MR) is 135 cm³/mol. The molecule has 0 aromatic heterocycles. The van der Waals surface area contributed by atoms with E-state index in [1.165, 1.54) is 4.90 Å². The summed E-state index contributed by atoms with van der Waals surface area (Å²) in [5, 5.41) is 5.66. The van der Waals surface area contributed by atoms with Gasteiger partial charge in [0.2, 0.25) is 11.8 Å². The number of alkyl carbamates (subject to hydrolysis) is 1. The van der Waals surface area contributed by atoms with Gasteiger partial charge in [0.1, 0.15) is 17.7 Å². The number of ether oxygens (including phenoxy) is 1. The van der Waals surface area contributed by atoms with Crippen LogP contribution in [0, 0.1) is 0 Å². The number of rotatable bonds is 13. The molecule has 0 aliphatic carbocycles. The normalized spacial score (nSPS) is 12.9. The van der Waals surface area contributed by atoms with Crippen molar-refractivity contribution in [1.82, 2.24) is 15.5 Å². The Morgan fingerprint density at radius 2 is 1.88 bits per heavy atom. The highest BCUT2D eigenvalue weighted by Crippen LogP contribution is 2.23. The van der Waals surface area contributed by atoms with E-state index in [0.717, 1.165) is 12.8 Å². The Morgan fingerprint density at radius 3 is 2.42 bits per heavy atom. The van der Waals surface area contributed by atoms with Crippen molar-refractivity contribution >= 4 is 29.7 Å². The highest BCUT2D eigenvalue weighted by Gasteiger charge is 2.35. The minimum atomic E-state index is -0.842. The molecule has 2 unspecified atom stereocenters. The van der Waals surface area contributed by atoms with Crippen LogP contribution >= 0.6 is 11.8 Å². The number of carbonyl (C=O) groups excluding carboxylic acids is 3. The molecule has 1 aromatic carbocycles. The molecular weight excluding hydrogens is 438 g/mol. The maximum atomic E-state index is 13.7. The monoisotopic (exact) mass is 477 g/mol. The SMILES string of the molecule is C=CCN(C(=O)C(CCSC)NC(=O)OC(C)(C)C)C(C(=O)NCCCC)c1ccccc1. The third kappa shape index (κ3) is 10.3. The van der Waals surface area contributed by atoms with Crippen LogP contribution in [0.3, 0.4) is 0 Å². The summed E-state index contributed by atoms with van der Waals surface area (Å²) in [5.74, 6) is 0.0485. The summed E-state index contributed by atoms with van der Waals surface area (Å²) in [4.78, 5) is 40.9. The van der Waals surface area contributed by atoms with Crippen LogP contribution in [0.2, 0.25) is 0 Å². The minimum Gasteiger partial charge on any atom is -0.444 e. The molecule has 7 nitrogen and oxygen atoms in total. The van der Waals surface area contributed by atoms with Crippen LogP contribution in [0.15, 0.2) is 43.0 Å². The third-order valence-corrected chi connectivity index (χ3v) is 5.36. The van der Waals surface area contributed by atoms with Gasteiger partial charge in [0.05, 0.1) is 0 Å². The molecule has 184 valence electrons. The van der Waals surface area contributed by atoms with Crippen molar-refractivity contribution in [3.8, 4) is 0 Å². The van der Waals surface area contributed by atoms with E-state index in [1.54, 1.807) is 38.6 Å². The lowest BCUT2D eigenvalue weighted by atomic mass is 10.0. The first kappa shape index (κ1) is 28.6. The number of hydrogen-bond donors (Lipinski definition) is 2.